The number of aliphatic hydroxyl groups excluding tert-OH is 1. The standard InChI is InChI=1S/C39H74NO5/c1-4-6-8-10-12-14-16-18-20-22-24-26-28-30-38(42)44-36-33-40(3,32-35-41)34-37-45-39(43)31-29-27-25-23-21-19-17-15-13-11-9-7-5-2/h14-17,41H,4-13,18-37H2,1-3H3/q+1/b16-14-,17-15-. The molecule has 0 heterocycles. The Hall–Kier alpha value is -1.66. The molecule has 0 spiro atoms. The van der Waals surface area contributed by atoms with Crippen LogP contribution in [0.3, 0.4) is 0 Å². The van der Waals surface area contributed by atoms with Crippen molar-refractivity contribution in [2.45, 2.75) is 168 Å². The number of unbranched alkanes of at least 4 members (excludes halogenated alkanes) is 18. The predicted molar refractivity (Wildman–Crippen MR) is 190 cm³/mol. The van der Waals surface area contributed by atoms with Gasteiger partial charge in [-0.3, -0.25) is 9.59 Å². The van der Waals surface area contributed by atoms with E-state index in [1.165, 1.54) is 103 Å². The van der Waals surface area contributed by atoms with E-state index < -0.39 is 0 Å². The third-order valence-electron chi connectivity index (χ3n) is 8.71. The summed E-state index contributed by atoms with van der Waals surface area (Å²) in [7, 11) is 2.02. The minimum absolute atomic E-state index is 0.0435. The van der Waals surface area contributed by atoms with Crippen LogP contribution in [0.2, 0.25) is 0 Å². The van der Waals surface area contributed by atoms with Gasteiger partial charge in [0, 0.05) is 12.8 Å². The molecule has 0 amide bonds. The smallest absolute Gasteiger partial charge is 0.305 e. The summed E-state index contributed by atoms with van der Waals surface area (Å²) in [4.78, 5) is 24.4. The van der Waals surface area contributed by atoms with Crippen LogP contribution in [-0.4, -0.2) is 68.0 Å². The van der Waals surface area contributed by atoms with Crippen molar-refractivity contribution in [3.63, 3.8) is 0 Å². The van der Waals surface area contributed by atoms with Gasteiger partial charge in [-0.1, -0.05) is 115 Å². The summed E-state index contributed by atoms with van der Waals surface area (Å²) in [5, 5.41) is 9.55. The Kier molecular flexibility index (Phi) is 32.5. The van der Waals surface area contributed by atoms with E-state index in [4.69, 9.17) is 9.47 Å². The van der Waals surface area contributed by atoms with E-state index >= 15 is 0 Å². The zero-order chi connectivity index (χ0) is 33.1. The Morgan fingerprint density at radius 1 is 0.511 bits per heavy atom. The van der Waals surface area contributed by atoms with Crippen LogP contribution in [0.1, 0.15) is 168 Å². The SMILES string of the molecule is CCCCCC/C=C\CCCCCCCC(=O)OCC[N+](C)(CCO)CCOC(=O)CCCCCCC/C=C\CCCCCC. The van der Waals surface area contributed by atoms with Gasteiger partial charge in [0.25, 0.3) is 0 Å². The van der Waals surface area contributed by atoms with E-state index in [0.717, 1.165) is 38.5 Å². The van der Waals surface area contributed by atoms with Crippen molar-refractivity contribution in [2.75, 3.05) is 46.5 Å². The highest BCUT2D eigenvalue weighted by Gasteiger charge is 2.22. The van der Waals surface area contributed by atoms with Gasteiger partial charge < -0.3 is 19.1 Å². The molecule has 0 bridgehead atoms. The van der Waals surface area contributed by atoms with Crippen LogP contribution in [0.5, 0.6) is 0 Å². The Balaban J connectivity index is 3.79. The van der Waals surface area contributed by atoms with E-state index in [2.05, 4.69) is 38.2 Å². The third kappa shape index (κ3) is 32.1. The number of quaternary nitrogens is 1. The minimum atomic E-state index is -0.141. The summed E-state index contributed by atoms with van der Waals surface area (Å²) in [5.41, 5.74) is 0. The number of rotatable bonds is 34. The Morgan fingerprint density at radius 2 is 0.844 bits per heavy atom. The number of nitrogens with zero attached hydrogens (tertiary/aromatic N) is 1. The van der Waals surface area contributed by atoms with Crippen LogP contribution in [0, 0.1) is 0 Å². The first-order chi connectivity index (χ1) is 22.0. The average Bonchev–Trinajstić information content (AvgIpc) is 3.02. The first kappa shape index (κ1) is 43.3. The summed E-state index contributed by atoms with van der Waals surface area (Å²) < 4.78 is 11.5. The molecule has 0 aliphatic heterocycles. The van der Waals surface area contributed by atoms with Crippen molar-refractivity contribution in [3.05, 3.63) is 24.3 Å². The molecular formula is C39H74NO5+. The number of hydrogen-bond donors (Lipinski definition) is 1. The van der Waals surface area contributed by atoms with E-state index in [9.17, 15) is 14.7 Å². The number of carbonyl (C=O) groups is 2. The fraction of sp³-hybridized carbons (Fsp3) is 0.846. The van der Waals surface area contributed by atoms with E-state index in [-0.39, 0.29) is 18.5 Å². The maximum absolute atomic E-state index is 12.2. The first-order valence-corrected chi connectivity index (χ1v) is 19.0. The predicted octanol–water partition coefficient (Wildman–Crippen LogP) is 10.0. The maximum Gasteiger partial charge on any atom is 0.305 e. The van der Waals surface area contributed by atoms with Crippen molar-refractivity contribution >= 4 is 11.9 Å². The summed E-state index contributed by atoms with van der Waals surface area (Å²) in [5.74, 6) is -0.283. The molecule has 6 nitrogen and oxygen atoms in total. The molecule has 264 valence electrons. The molecule has 0 rings (SSSR count). The van der Waals surface area contributed by atoms with Crippen LogP contribution >= 0.6 is 0 Å². The van der Waals surface area contributed by atoms with Gasteiger partial charge in [-0.2, -0.15) is 0 Å². The molecule has 0 aromatic heterocycles. The molecule has 6 heteroatoms. The fourth-order valence-corrected chi connectivity index (χ4v) is 5.45. The van der Waals surface area contributed by atoms with Crippen molar-refractivity contribution in [1.29, 1.82) is 0 Å². The molecule has 0 atom stereocenters. The molecule has 0 fully saturated rings. The number of esters is 2. The Labute approximate surface area is 279 Å². The van der Waals surface area contributed by atoms with Crippen molar-refractivity contribution in [3.8, 4) is 0 Å². The van der Waals surface area contributed by atoms with E-state index in [0.29, 0.717) is 50.2 Å². The zero-order valence-electron chi connectivity index (χ0n) is 30.1. The van der Waals surface area contributed by atoms with Gasteiger partial charge in [-0.15, -0.1) is 0 Å². The first-order valence-electron chi connectivity index (χ1n) is 19.0. The molecule has 0 aliphatic carbocycles. The summed E-state index contributed by atoms with van der Waals surface area (Å²) >= 11 is 0. The Morgan fingerprint density at radius 3 is 1.20 bits per heavy atom. The van der Waals surface area contributed by atoms with Crippen molar-refractivity contribution in [2.24, 2.45) is 0 Å². The van der Waals surface area contributed by atoms with Gasteiger partial charge in [-0.05, 0) is 64.2 Å². The van der Waals surface area contributed by atoms with Gasteiger partial charge in [0.15, 0.2) is 0 Å². The van der Waals surface area contributed by atoms with Crippen LogP contribution in [0.25, 0.3) is 0 Å². The molecule has 0 aromatic rings. The number of likely N-dealkylation sites (N-methyl/N-ethyl adjacent to an activating group) is 1. The van der Waals surface area contributed by atoms with Gasteiger partial charge >= 0.3 is 11.9 Å². The summed E-state index contributed by atoms with van der Waals surface area (Å²) in [6.07, 6.45) is 36.7. The molecule has 0 radical (unpaired) electrons. The van der Waals surface area contributed by atoms with Crippen LogP contribution < -0.4 is 0 Å². The fourth-order valence-electron chi connectivity index (χ4n) is 5.45. The van der Waals surface area contributed by atoms with E-state index in [1.807, 2.05) is 7.05 Å². The molecule has 45 heavy (non-hydrogen) atoms. The lowest BCUT2D eigenvalue weighted by molar-refractivity contribution is -0.910. The van der Waals surface area contributed by atoms with Crippen molar-refractivity contribution in [1.82, 2.24) is 0 Å². The number of carbonyl (C=O) groups excluding carboxylic acids is 2. The third-order valence-corrected chi connectivity index (χ3v) is 8.71. The summed E-state index contributed by atoms with van der Waals surface area (Å²) in [6, 6.07) is 0. The number of hydrogen-bond acceptors (Lipinski definition) is 5. The minimum Gasteiger partial charge on any atom is -0.460 e. The lowest BCUT2D eigenvalue weighted by Crippen LogP contribution is -2.50. The molecule has 0 saturated carbocycles. The monoisotopic (exact) mass is 637 g/mol. The second-order valence-electron chi connectivity index (χ2n) is 13.2. The average molecular weight is 637 g/mol. The topological polar surface area (TPSA) is 72.8 Å². The van der Waals surface area contributed by atoms with Gasteiger partial charge in [0.2, 0.25) is 0 Å². The van der Waals surface area contributed by atoms with Crippen molar-refractivity contribution < 1.29 is 28.7 Å². The quantitative estimate of drug-likeness (QED) is 0.0329. The number of aliphatic hydroxyl groups is 1. The molecule has 1 N–H and O–H groups in total. The zero-order valence-corrected chi connectivity index (χ0v) is 30.1. The largest absolute Gasteiger partial charge is 0.460 e. The Bertz CT molecular complexity index is 666. The normalized spacial score (nSPS) is 12.0. The highest BCUT2D eigenvalue weighted by atomic mass is 16.5. The van der Waals surface area contributed by atoms with Gasteiger partial charge in [0.05, 0.1) is 13.7 Å². The van der Waals surface area contributed by atoms with E-state index in [1.54, 1.807) is 0 Å². The summed E-state index contributed by atoms with van der Waals surface area (Å²) in [6.45, 7) is 6.93. The number of ether oxygens (including phenoxy) is 2. The maximum atomic E-state index is 12.2. The highest BCUT2D eigenvalue weighted by molar-refractivity contribution is 5.69. The van der Waals surface area contributed by atoms with Crippen LogP contribution in [0.4, 0.5) is 0 Å². The van der Waals surface area contributed by atoms with Crippen LogP contribution in [-0.2, 0) is 19.1 Å². The highest BCUT2D eigenvalue weighted by Crippen LogP contribution is 2.12. The second kappa shape index (κ2) is 33.7. The molecule has 0 aromatic carbocycles. The van der Waals surface area contributed by atoms with Gasteiger partial charge in [0.1, 0.15) is 32.8 Å². The number of allylic oxidation sites excluding steroid dienone is 4. The molecular weight excluding hydrogens is 562 g/mol. The van der Waals surface area contributed by atoms with Gasteiger partial charge in [-0.25, -0.2) is 0 Å². The second-order valence-corrected chi connectivity index (χ2v) is 13.2. The lowest BCUT2D eigenvalue weighted by atomic mass is 10.1. The van der Waals surface area contributed by atoms with Crippen LogP contribution in [0.15, 0.2) is 24.3 Å². The molecule has 0 saturated heterocycles. The molecule has 0 aliphatic rings. The lowest BCUT2D eigenvalue weighted by Gasteiger charge is -2.33. The molecule has 0 unspecified atom stereocenters.